The number of para-hydroxylation sites is 1. The fraction of sp³-hybridized carbons (Fsp3) is 0.500. The van der Waals surface area contributed by atoms with Gasteiger partial charge in [-0.25, -0.2) is 0 Å². The van der Waals surface area contributed by atoms with Crippen LogP contribution in [0.3, 0.4) is 0 Å². The molecule has 1 fully saturated rings. The standard InChI is InChI=1S/C16H22N2O/c1-17-14(12-18-9-5-2-6-10-18)16-11-13-7-3-4-8-15(13)19-16/h3-4,7-8,11,14,17H,2,5-6,9-10,12H2,1H3. The molecule has 1 N–H and O–H groups in total. The number of likely N-dealkylation sites (N-methyl/N-ethyl adjacent to an activating group) is 1. The van der Waals surface area contributed by atoms with Crippen molar-refractivity contribution in [3.8, 4) is 0 Å². The third-order valence-electron chi connectivity index (χ3n) is 4.03. The number of hydrogen-bond donors (Lipinski definition) is 1. The Kier molecular flexibility index (Phi) is 3.85. The lowest BCUT2D eigenvalue weighted by Crippen LogP contribution is -2.37. The van der Waals surface area contributed by atoms with E-state index in [2.05, 4.69) is 28.4 Å². The Morgan fingerprint density at radius 2 is 2.00 bits per heavy atom. The highest BCUT2D eigenvalue weighted by atomic mass is 16.3. The molecule has 19 heavy (non-hydrogen) atoms. The Balaban J connectivity index is 1.76. The van der Waals surface area contributed by atoms with Gasteiger partial charge in [0.05, 0.1) is 6.04 Å². The van der Waals surface area contributed by atoms with Crippen molar-refractivity contribution in [1.82, 2.24) is 10.2 Å². The number of nitrogens with one attached hydrogen (secondary N) is 1. The smallest absolute Gasteiger partial charge is 0.134 e. The van der Waals surface area contributed by atoms with Gasteiger partial charge in [0.25, 0.3) is 0 Å². The Morgan fingerprint density at radius 3 is 2.74 bits per heavy atom. The van der Waals surface area contributed by atoms with Crippen molar-refractivity contribution in [2.75, 3.05) is 26.7 Å². The normalized spacial score (nSPS) is 18.8. The molecule has 0 radical (unpaired) electrons. The molecule has 1 unspecified atom stereocenters. The zero-order valence-electron chi connectivity index (χ0n) is 11.6. The zero-order valence-corrected chi connectivity index (χ0v) is 11.6. The van der Waals surface area contributed by atoms with Crippen molar-refractivity contribution < 1.29 is 4.42 Å². The summed E-state index contributed by atoms with van der Waals surface area (Å²) in [5, 5.41) is 4.58. The summed E-state index contributed by atoms with van der Waals surface area (Å²) >= 11 is 0. The molecule has 0 amide bonds. The average Bonchev–Trinajstić information content (AvgIpc) is 2.89. The molecule has 1 aromatic heterocycles. The highest BCUT2D eigenvalue weighted by Gasteiger charge is 2.19. The van der Waals surface area contributed by atoms with Crippen LogP contribution in [-0.2, 0) is 0 Å². The van der Waals surface area contributed by atoms with Gasteiger partial charge in [-0.3, -0.25) is 0 Å². The second-order valence-corrected chi connectivity index (χ2v) is 5.39. The molecule has 1 aliphatic rings. The van der Waals surface area contributed by atoms with Crippen LogP contribution in [-0.4, -0.2) is 31.6 Å². The molecule has 1 aliphatic heterocycles. The van der Waals surface area contributed by atoms with Gasteiger partial charge in [-0.2, -0.15) is 0 Å². The highest BCUT2D eigenvalue weighted by molar-refractivity contribution is 5.77. The number of furan rings is 1. The zero-order chi connectivity index (χ0) is 13.1. The molecule has 2 heterocycles. The lowest BCUT2D eigenvalue weighted by molar-refractivity contribution is 0.200. The van der Waals surface area contributed by atoms with E-state index in [0.717, 1.165) is 17.9 Å². The summed E-state index contributed by atoms with van der Waals surface area (Å²) in [6, 6.07) is 10.7. The number of rotatable bonds is 4. The summed E-state index contributed by atoms with van der Waals surface area (Å²) in [5.74, 6) is 1.05. The van der Waals surface area contributed by atoms with Gasteiger partial charge >= 0.3 is 0 Å². The van der Waals surface area contributed by atoms with Crippen LogP contribution >= 0.6 is 0 Å². The lowest BCUT2D eigenvalue weighted by Gasteiger charge is -2.29. The minimum atomic E-state index is 0.283. The monoisotopic (exact) mass is 258 g/mol. The first-order valence-electron chi connectivity index (χ1n) is 7.25. The van der Waals surface area contributed by atoms with Crippen molar-refractivity contribution in [1.29, 1.82) is 0 Å². The van der Waals surface area contributed by atoms with Gasteiger partial charge in [-0.1, -0.05) is 24.6 Å². The summed E-state index contributed by atoms with van der Waals surface area (Å²) in [7, 11) is 2.02. The van der Waals surface area contributed by atoms with Gasteiger partial charge in [0.2, 0.25) is 0 Å². The van der Waals surface area contributed by atoms with Crippen LogP contribution < -0.4 is 5.32 Å². The van der Waals surface area contributed by atoms with Crippen LogP contribution in [0, 0.1) is 0 Å². The number of fused-ring (bicyclic) bond motifs is 1. The van der Waals surface area contributed by atoms with Crippen molar-refractivity contribution in [2.24, 2.45) is 0 Å². The number of piperidine rings is 1. The maximum absolute atomic E-state index is 5.97. The molecule has 1 aromatic carbocycles. The molecular weight excluding hydrogens is 236 g/mol. The van der Waals surface area contributed by atoms with Crippen LogP contribution in [0.2, 0.25) is 0 Å². The van der Waals surface area contributed by atoms with Crippen LogP contribution in [0.5, 0.6) is 0 Å². The third kappa shape index (κ3) is 2.82. The minimum absolute atomic E-state index is 0.283. The molecule has 0 bridgehead atoms. The van der Waals surface area contributed by atoms with Crippen molar-refractivity contribution in [3.63, 3.8) is 0 Å². The van der Waals surface area contributed by atoms with Crippen LogP contribution in [0.1, 0.15) is 31.1 Å². The molecule has 0 saturated carbocycles. The van der Waals surface area contributed by atoms with Crippen LogP contribution in [0.4, 0.5) is 0 Å². The molecule has 3 nitrogen and oxygen atoms in total. The van der Waals surface area contributed by atoms with Gasteiger partial charge in [-0.15, -0.1) is 0 Å². The lowest BCUT2D eigenvalue weighted by atomic mass is 10.1. The predicted octanol–water partition coefficient (Wildman–Crippen LogP) is 3.18. The molecule has 3 heteroatoms. The quantitative estimate of drug-likeness (QED) is 0.913. The van der Waals surface area contributed by atoms with Gasteiger partial charge in [-0.05, 0) is 45.1 Å². The number of benzene rings is 1. The largest absolute Gasteiger partial charge is 0.459 e. The molecule has 0 spiro atoms. The highest BCUT2D eigenvalue weighted by Crippen LogP contribution is 2.25. The number of nitrogens with zero attached hydrogens (tertiary/aromatic N) is 1. The fourth-order valence-corrected chi connectivity index (χ4v) is 2.90. The summed E-state index contributed by atoms with van der Waals surface area (Å²) in [6.07, 6.45) is 4.04. The summed E-state index contributed by atoms with van der Waals surface area (Å²) < 4.78 is 5.97. The Labute approximate surface area is 114 Å². The summed E-state index contributed by atoms with van der Waals surface area (Å²) in [6.45, 7) is 3.48. The van der Waals surface area contributed by atoms with Gasteiger partial charge < -0.3 is 14.6 Å². The predicted molar refractivity (Wildman–Crippen MR) is 78.3 cm³/mol. The summed E-state index contributed by atoms with van der Waals surface area (Å²) in [5.41, 5.74) is 0.983. The van der Waals surface area contributed by atoms with E-state index in [1.807, 2.05) is 19.2 Å². The molecular formula is C16H22N2O. The Morgan fingerprint density at radius 1 is 1.21 bits per heavy atom. The topological polar surface area (TPSA) is 28.4 Å². The van der Waals surface area contributed by atoms with Crippen molar-refractivity contribution in [3.05, 3.63) is 36.1 Å². The number of likely N-dealkylation sites (tertiary alicyclic amines) is 1. The molecule has 0 aliphatic carbocycles. The van der Waals surface area contributed by atoms with E-state index in [4.69, 9.17) is 4.42 Å². The molecule has 2 aromatic rings. The second-order valence-electron chi connectivity index (χ2n) is 5.39. The number of hydrogen-bond acceptors (Lipinski definition) is 3. The maximum Gasteiger partial charge on any atom is 0.134 e. The van der Waals surface area contributed by atoms with Gasteiger partial charge in [0, 0.05) is 11.9 Å². The fourth-order valence-electron chi connectivity index (χ4n) is 2.90. The first-order chi connectivity index (χ1) is 9.36. The minimum Gasteiger partial charge on any atom is -0.459 e. The van der Waals surface area contributed by atoms with Crippen molar-refractivity contribution in [2.45, 2.75) is 25.3 Å². The first kappa shape index (κ1) is 12.7. The van der Waals surface area contributed by atoms with Gasteiger partial charge in [0.15, 0.2) is 0 Å². The SMILES string of the molecule is CNC(CN1CCCCC1)c1cc2ccccc2o1. The van der Waals surface area contributed by atoms with Crippen LogP contribution in [0.25, 0.3) is 11.0 Å². The van der Waals surface area contributed by atoms with E-state index < -0.39 is 0 Å². The molecule has 1 saturated heterocycles. The second kappa shape index (κ2) is 5.76. The van der Waals surface area contributed by atoms with E-state index in [9.17, 15) is 0 Å². The van der Waals surface area contributed by atoms with E-state index in [1.54, 1.807) is 0 Å². The Bertz CT molecular complexity index is 495. The van der Waals surface area contributed by atoms with E-state index >= 15 is 0 Å². The molecule has 3 rings (SSSR count). The molecule has 1 atom stereocenters. The van der Waals surface area contributed by atoms with Crippen molar-refractivity contribution >= 4 is 11.0 Å². The van der Waals surface area contributed by atoms with E-state index in [-0.39, 0.29) is 6.04 Å². The maximum atomic E-state index is 5.97. The third-order valence-corrected chi connectivity index (χ3v) is 4.03. The first-order valence-corrected chi connectivity index (χ1v) is 7.25. The molecule has 102 valence electrons. The Hall–Kier alpha value is -1.32. The average molecular weight is 258 g/mol. The van der Waals surface area contributed by atoms with Crippen LogP contribution in [0.15, 0.2) is 34.7 Å². The van der Waals surface area contributed by atoms with E-state index in [0.29, 0.717) is 0 Å². The summed E-state index contributed by atoms with van der Waals surface area (Å²) in [4.78, 5) is 2.54. The van der Waals surface area contributed by atoms with E-state index in [1.165, 1.54) is 37.7 Å². The van der Waals surface area contributed by atoms with Gasteiger partial charge in [0.1, 0.15) is 11.3 Å².